The lowest BCUT2D eigenvalue weighted by atomic mass is 10.1. The number of rotatable bonds is 4. The molecule has 0 fully saturated rings. The van der Waals surface area contributed by atoms with Crippen LogP contribution < -0.4 is 14.8 Å². The fraction of sp³-hybridized carbons (Fsp3) is 0.208. The van der Waals surface area contributed by atoms with Crippen LogP contribution in [0.1, 0.15) is 22.9 Å². The zero-order valence-corrected chi connectivity index (χ0v) is 18.9. The zero-order valence-electron chi connectivity index (χ0n) is 18.2. The van der Waals surface area contributed by atoms with Crippen molar-refractivity contribution in [1.29, 1.82) is 0 Å². The summed E-state index contributed by atoms with van der Waals surface area (Å²) >= 11 is 6.32. The number of fused-ring (bicyclic) bond motifs is 2. The maximum atomic E-state index is 13.9. The van der Waals surface area contributed by atoms with Gasteiger partial charge < -0.3 is 10.2 Å². The summed E-state index contributed by atoms with van der Waals surface area (Å²) in [6.07, 6.45) is 3.75. The lowest BCUT2D eigenvalue weighted by molar-refractivity contribution is -0.672. The number of para-hydroxylation sites is 1. The molecule has 0 saturated carbocycles. The van der Waals surface area contributed by atoms with Crippen molar-refractivity contribution in [3.63, 3.8) is 0 Å². The number of H-pyrrole nitrogens is 1. The molecule has 0 radical (unpaired) electrons. The Hall–Kier alpha value is -3.78. The number of hydrogen-bond acceptors (Lipinski definition) is 4. The molecule has 0 spiro atoms. The number of carbonyl (C=O) groups is 2. The van der Waals surface area contributed by atoms with Crippen molar-refractivity contribution in [2.24, 2.45) is 0 Å². The smallest absolute Gasteiger partial charge is 0.306 e. The molecule has 1 aliphatic heterocycles. The fourth-order valence-electron chi connectivity index (χ4n) is 4.23. The minimum Gasteiger partial charge on any atom is -0.321 e. The van der Waals surface area contributed by atoms with Crippen LogP contribution in [-0.4, -0.2) is 33.3 Å². The number of aromatic nitrogens is 4. The number of aromatic amines is 1. The first-order valence-electron chi connectivity index (χ1n) is 10.6. The molecule has 2 amide bonds. The number of hydrogen-bond donors (Lipinski definition) is 2. The normalized spacial score (nSPS) is 13.7. The Morgan fingerprint density at radius 1 is 1.18 bits per heavy atom. The molecule has 0 bridgehead atoms. The highest BCUT2D eigenvalue weighted by Crippen LogP contribution is 2.30. The third-order valence-corrected chi connectivity index (χ3v) is 6.23. The Labute approximate surface area is 195 Å². The summed E-state index contributed by atoms with van der Waals surface area (Å²) in [5.41, 5.74) is 5.15. The first-order valence-corrected chi connectivity index (χ1v) is 11.0. The van der Waals surface area contributed by atoms with Gasteiger partial charge >= 0.3 is 5.65 Å². The van der Waals surface area contributed by atoms with E-state index in [1.54, 1.807) is 27.9 Å². The molecule has 2 aromatic carbocycles. The molecule has 1 unspecified atom stereocenters. The number of amides is 2. The van der Waals surface area contributed by atoms with Gasteiger partial charge in [0.1, 0.15) is 0 Å². The second kappa shape index (κ2) is 8.29. The van der Waals surface area contributed by atoms with Crippen molar-refractivity contribution in [1.82, 2.24) is 15.0 Å². The fourth-order valence-corrected chi connectivity index (χ4v) is 4.39. The molecule has 9 heteroatoms. The van der Waals surface area contributed by atoms with E-state index in [9.17, 15) is 9.59 Å². The largest absolute Gasteiger partial charge is 0.321 e. The maximum Gasteiger partial charge on any atom is 0.306 e. The van der Waals surface area contributed by atoms with Crippen molar-refractivity contribution in [2.75, 3.05) is 16.8 Å². The number of benzene rings is 2. The number of nitrogens with zero attached hydrogens (tertiary/aromatic N) is 4. The lowest BCUT2D eigenvalue weighted by Crippen LogP contribution is -2.54. The molecular formula is C24H22ClN6O2+. The van der Waals surface area contributed by atoms with Crippen LogP contribution in [0.3, 0.4) is 0 Å². The number of nitrogens with one attached hydrogen (secondary N) is 2. The predicted octanol–water partition coefficient (Wildman–Crippen LogP) is 3.28. The van der Waals surface area contributed by atoms with Crippen LogP contribution in [0.4, 0.5) is 11.4 Å². The van der Waals surface area contributed by atoms with Gasteiger partial charge in [0.2, 0.25) is 6.04 Å². The van der Waals surface area contributed by atoms with Gasteiger partial charge in [-0.05, 0) is 49.6 Å². The molecule has 4 aromatic rings. The monoisotopic (exact) mass is 461 g/mol. The van der Waals surface area contributed by atoms with E-state index in [4.69, 9.17) is 11.6 Å². The zero-order chi connectivity index (χ0) is 23.1. The van der Waals surface area contributed by atoms with E-state index in [0.717, 1.165) is 28.9 Å². The molecule has 33 heavy (non-hydrogen) atoms. The molecule has 3 heterocycles. The summed E-state index contributed by atoms with van der Waals surface area (Å²) in [5, 5.41) is 3.25. The minimum absolute atomic E-state index is 0.344. The highest BCUT2D eigenvalue weighted by Gasteiger charge is 2.40. The number of carbonyl (C=O) groups excluding carboxylic acids is 2. The average Bonchev–Trinajstić information content (AvgIpc) is 3.42. The van der Waals surface area contributed by atoms with Crippen LogP contribution in [0.2, 0.25) is 5.02 Å². The van der Waals surface area contributed by atoms with Gasteiger partial charge in [0.25, 0.3) is 11.8 Å². The van der Waals surface area contributed by atoms with E-state index in [-0.39, 0.29) is 5.91 Å². The topological polar surface area (TPSA) is 94.9 Å². The van der Waals surface area contributed by atoms with Gasteiger partial charge in [0, 0.05) is 12.2 Å². The molecule has 1 atom stereocenters. The average molecular weight is 462 g/mol. The maximum absolute atomic E-state index is 13.9. The molecule has 0 saturated heterocycles. The van der Waals surface area contributed by atoms with Gasteiger partial charge in [-0.2, -0.15) is 0 Å². The molecular weight excluding hydrogens is 440 g/mol. The standard InChI is InChI=1S/C24H21ClN6O2/c1-14-7-8-17(25)18(11-14)29-23(32)21(31-13-28-20-15(2)26-12-27-22(20)31)24(33)30-10-9-16-5-3-4-6-19(16)30/h3-8,11-13,21H,9-10H2,1-2H3,(H,29,32)/p+1. The molecule has 1 aliphatic rings. The highest BCUT2D eigenvalue weighted by molar-refractivity contribution is 6.34. The van der Waals surface area contributed by atoms with Crippen LogP contribution in [-0.2, 0) is 16.0 Å². The van der Waals surface area contributed by atoms with Gasteiger partial charge in [0.15, 0.2) is 18.2 Å². The predicted molar refractivity (Wildman–Crippen MR) is 125 cm³/mol. The molecule has 5 rings (SSSR count). The van der Waals surface area contributed by atoms with Gasteiger partial charge in [0.05, 0.1) is 16.4 Å². The van der Waals surface area contributed by atoms with Crippen molar-refractivity contribution in [3.8, 4) is 0 Å². The summed E-state index contributed by atoms with van der Waals surface area (Å²) in [6, 6.07) is 11.9. The number of aryl methyl sites for hydroxylation is 2. The molecule has 8 nitrogen and oxygen atoms in total. The first-order chi connectivity index (χ1) is 15.9. The van der Waals surface area contributed by atoms with Crippen LogP contribution in [0.5, 0.6) is 0 Å². The molecule has 2 aromatic heterocycles. The quantitative estimate of drug-likeness (QED) is 0.360. The van der Waals surface area contributed by atoms with Gasteiger partial charge in [-0.3, -0.25) is 14.6 Å². The Bertz CT molecular complexity index is 1400. The lowest BCUT2D eigenvalue weighted by Gasteiger charge is -2.22. The third-order valence-electron chi connectivity index (χ3n) is 5.90. The Kier molecular flexibility index (Phi) is 5.30. The second-order valence-corrected chi connectivity index (χ2v) is 8.49. The molecule has 166 valence electrons. The number of halogens is 1. The van der Waals surface area contributed by atoms with Crippen molar-refractivity contribution in [2.45, 2.75) is 26.3 Å². The van der Waals surface area contributed by atoms with Crippen molar-refractivity contribution in [3.05, 3.63) is 77.0 Å². The summed E-state index contributed by atoms with van der Waals surface area (Å²) in [7, 11) is 0. The van der Waals surface area contributed by atoms with Crippen LogP contribution >= 0.6 is 11.6 Å². The SMILES string of the molecule is Cc1ccc(Cl)c(NC(=O)C(C(=O)N2CCc3ccccc32)[n+]2c[nH]c3c(C)ncnc32)c1. The summed E-state index contributed by atoms with van der Waals surface area (Å²) < 4.78 is 1.56. The van der Waals surface area contributed by atoms with Crippen LogP contribution in [0, 0.1) is 13.8 Å². The van der Waals surface area contributed by atoms with E-state index in [1.807, 2.05) is 44.2 Å². The number of anilines is 2. The van der Waals surface area contributed by atoms with Crippen molar-refractivity contribution < 1.29 is 14.2 Å². The van der Waals surface area contributed by atoms with E-state index < -0.39 is 11.9 Å². The van der Waals surface area contributed by atoms with Crippen molar-refractivity contribution >= 4 is 46.0 Å². The summed E-state index contributed by atoms with van der Waals surface area (Å²) in [4.78, 5) is 40.8. The third kappa shape index (κ3) is 3.72. The van der Waals surface area contributed by atoms with E-state index in [2.05, 4.69) is 20.3 Å². The van der Waals surface area contributed by atoms with E-state index in [1.165, 1.54) is 6.33 Å². The van der Waals surface area contributed by atoms with Crippen LogP contribution in [0.25, 0.3) is 11.2 Å². The molecule has 0 aliphatic carbocycles. The van der Waals surface area contributed by atoms with E-state index >= 15 is 0 Å². The van der Waals surface area contributed by atoms with Crippen LogP contribution in [0.15, 0.2) is 55.1 Å². The van der Waals surface area contributed by atoms with Gasteiger partial charge in [-0.1, -0.05) is 40.9 Å². The summed E-state index contributed by atoms with van der Waals surface area (Å²) in [6.45, 7) is 4.25. The number of imidazole rings is 1. The first kappa shape index (κ1) is 21.1. The second-order valence-electron chi connectivity index (χ2n) is 8.08. The Morgan fingerprint density at radius 3 is 2.85 bits per heavy atom. The minimum atomic E-state index is -1.20. The molecule has 2 N–H and O–H groups in total. The van der Waals surface area contributed by atoms with Gasteiger partial charge in [-0.25, -0.2) is 9.55 Å². The summed E-state index contributed by atoms with van der Waals surface area (Å²) in [5.74, 6) is -0.845. The Morgan fingerprint density at radius 2 is 2.00 bits per heavy atom. The highest BCUT2D eigenvalue weighted by atomic mass is 35.5. The Balaban J connectivity index is 1.59. The van der Waals surface area contributed by atoms with Gasteiger partial charge in [-0.15, -0.1) is 0 Å². The van der Waals surface area contributed by atoms with E-state index in [0.29, 0.717) is 28.4 Å².